The molecule has 1 saturated carbocycles. The first-order valence-electron chi connectivity index (χ1n) is 6.19. The molecule has 0 radical (unpaired) electrons. The van der Waals surface area contributed by atoms with Gasteiger partial charge in [0, 0.05) is 0 Å². The Morgan fingerprint density at radius 2 is 1.93 bits per heavy atom. The highest BCUT2D eigenvalue weighted by Crippen LogP contribution is 2.36. The lowest BCUT2D eigenvalue weighted by atomic mass is 9.80. The van der Waals surface area contributed by atoms with E-state index >= 15 is 0 Å². The van der Waals surface area contributed by atoms with Gasteiger partial charge in [0.05, 0.1) is 0 Å². The SMILES string of the molecule is CCNCCc1ccc(C2CCC2)cc1. The van der Waals surface area contributed by atoms with E-state index < -0.39 is 0 Å². The van der Waals surface area contributed by atoms with Gasteiger partial charge in [-0.15, -0.1) is 0 Å². The fourth-order valence-corrected chi connectivity index (χ4v) is 2.11. The molecule has 82 valence electrons. The van der Waals surface area contributed by atoms with Crippen LogP contribution in [0.4, 0.5) is 0 Å². The van der Waals surface area contributed by atoms with Crippen LogP contribution in [0.15, 0.2) is 24.3 Å². The lowest BCUT2D eigenvalue weighted by molar-refractivity contribution is 0.419. The van der Waals surface area contributed by atoms with Crippen LogP contribution in [0.3, 0.4) is 0 Å². The first kappa shape index (κ1) is 10.7. The topological polar surface area (TPSA) is 12.0 Å². The predicted octanol–water partition coefficient (Wildman–Crippen LogP) is 3.11. The van der Waals surface area contributed by atoms with Crippen LogP contribution in [0.2, 0.25) is 0 Å². The number of hydrogen-bond donors (Lipinski definition) is 1. The Morgan fingerprint density at radius 3 is 2.47 bits per heavy atom. The van der Waals surface area contributed by atoms with Gasteiger partial charge in [0.15, 0.2) is 0 Å². The molecule has 0 unspecified atom stereocenters. The van der Waals surface area contributed by atoms with Crippen LogP contribution in [0.25, 0.3) is 0 Å². The van der Waals surface area contributed by atoms with Crippen molar-refractivity contribution in [3.8, 4) is 0 Å². The number of hydrogen-bond acceptors (Lipinski definition) is 1. The van der Waals surface area contributed by atoms with Crippen LogP contribution in [0.5, 0.6) is 0 Å². The molecule has 0 aliphatic heterocycles. The van der Waals surface area contributed by atoms with Crippen molar-refractivity contribution in [2.75, 3.05) is 13.1 Å². The van der Waals surface area contributed by atoms with Gasteiger partial charge in [-0.2, -0.15) is 0 Å². The fourth-order valence-electron chi connectivity index (χ4n) is 2.11. The second-order valence-electron chi connectivity index (χ2n) is 4.47. The zero-order valence-electron chi connectivity index (χ0n) is 9.63. The minimum absolute atomic E-state index is 0.868. The maximum Gasteiger partial charge on any atom is -0.000847 e. The molecule has 1 heteroatoms. The van der Waals surface area contributed by atoms with Crippen LogP contribution < -0.4 is 5.32 Å². The van der Waals surface area contributed by atoms with Crippen molar-refractivity contribution in [1.29, 1.82) is 0 Å². The smallest absolute Gasteiger partial charge is 0.000847 e. The van der Waals surface area contributed by atoms with E-state index in [1.807, 2.05) is 0 Å². The zero-order chi connectivity index (χ0) is 10.5. The number of rotatable bonds is 5. The molecule has 2 rings (SSSR count). The van der Waals surface area contributed by atoms with Gasteiger partial charge >= 0.3 is 0 Å². The molecule has 1 aliphatic carbocycles. The number of benzene rings is 1. The van der Waals surface area contributed by atoms with E-state index in [2.05, 4.69) is 36.5 Å². The van der Waals surface area contributed by atoms with E-state index in [-0.39, 0.29) is 0 Å². The van der Waals surface area contributed by atoms with Gasteiger partial charge < -0.3 is 5.32 Å². The summed E-state index contributed by atoms with van der Waals surface area (Å²) in [5.41, 5.74) is 3.01. The maximum atomic E-state index is 3.36. The molecule has 0 bridgehead atoms. The van der Waals surface area contributed by atoms with E-state index in [1.54, 1.807) is 5.56 Å². The quantitative estimate of drug-likeness (QED) is 0.725. The molecule has 1 fully saturated rings. The molecule has 0 aromatic heterocycles. The lowest BCUT2D eigenvalue weighted by Crippen LogP contribution is -2.16. The third-order valence-corrected chi connectivity index (χ3v) is 3.40. The maximum absolute atomic E-state index is 3.36. The second-order valence-corrected chi connectivity index (χ2v) is 4.47. The summed E-state index contributed by atoms with van der Waals surface area (Å²) in [4.78, 5) is 0. The summed E-state index contributed by atoms with van der Waals surface area (Å²) in [6.07, 6.45) is 5.37. The number of likely N-dealkylation sites (N-methyl/N-ethyl adjacent to an activating group) is 1. The molecule has 1 aromatic rings. The molecule has 15 heavy (non-hydrogen) atoms. The average molecular weight is 203 g/mol. The van der Waals surface area contributed by atoms with Gasteiger partial charge in [-0.25, -0.2) is 0 Å². The van der Waals surface area contributed by atoms with Crippen molar-refractivity contribution in [3.05, 3.63) is 35.4 Å². The molecule has 0 saturated heterocycles. The van der Waals surface area contributed by atoms with Gasteiger partial charge in [-0.05, 0) is 49.4 Å². The van der Waals surface area contributed by atoms with Gasteiger partial charge in [0.25, 0.3) is 0 Å². The van der Waals surface area contributed by atoms with Crippen molar-refractivity contribution in [1.82, 2.24) is 5.32 Å². The zero-order valence-corrected chi connectivity index (χ0v) is 9.63. The first-order valence-corrected chi connectivity index (χ1v) is 6.19. The Balaban J connectivity index is 1.86. The Labute approximate surface area is 92.9 Å². The average Bonchev–Trinajstić information content (AvgIpc) is 2.18. The van der Waals surface area contributed by atoms with Gasteiger partial charge in [-0.3, -0.25) is 0 Å². The van der Waals surface area contributed by atoms with Crippen molar-refractivity contribution in [2.24, 2.45) is 0 Å². The van der Waals surface area contributed by atoms with Crippen LogP contribution in [-0.2, 0) is 6.42 Å². The first-order chi connectivity index (χ1) is 7.40. The van der Waals surface area contributed by atoms with Crippen LogP contribution in [0.1, 0.15) is 43.2 Å². The van der Waals surface area contributed by atoms with Crippen molar-refractivity contribution >= 4 is 0 Å². The lowest BCUT2D eigenvalue weighted by Gasteiger charge is -2.25. The van der Waals surface area contributed by atoms with E-state index in [4.69, 9.17) is 0 Å². The molecule has 1 nitrogen and oxygen atoms in total. The van der Waals surface area contributed by atoms with Crippen LogP contribution >= 0.6 is 0 Å². The summed E-state index contributed by atoms with van der Waals surface area (Å²) in [6, 6.07) is 9.24. The second kappa shape index (κ2) is 5.32. The van der Waals surface area contributed by atoms with Crippen LogP contribution in [0, 0.1) is 0 Å². The standard InChI is InChI=1S/C14H21N/c1-2-15-11-10-12-6-8-14(9-7-12)13-4-3-5-13/h6-9,13,15H,2-5,10-11H2,1H3. The molecular weight excluding hydrogens is 182 g/mol. The summed E-state index contributed by atoms with van der Waals surface area (Å²) in [6.45, 7) is 4.32. The normalized spacial score (nSPS) is 16.3. The third-order valence-electron chi connectivity index (χ3n) is 3.40. The third kappa shape index (κ3) is 2.82. The highest BCUT2D eigenvalue weighted by molar-refractivity contribution is 5.26. The number of nitrogens with one attached hydrogen (secondary N) is 1. The molecule has 0 heterocycles. The van der Waals surface area contributed by atoms with Gasteiger partial charge in [0.2, 0.25) is 0 Å². The summed E-state index contributed by atoms with van der Waals surface area (Å²) >= 11 is 0. The minimum Gasteiger partial charge on any atom is -0.317 e. The monoisotopic (exact) mass is 203 g/mol. The predicted molar refractivity (Wildman–Crippen MR) is 65.3 cm³/mol. The molecule has 1 aromatic carbocycles. The summed E-state index contributed by atoms with van der Waals surface area (Å²) in [5.74, 6) is 0.868. The van der Waals surface area contributed by atoms with E-state index in [0.29, 0.717) is 0 Å². The Bertz CT molecular complexity index is 285. The minimum atomic E-state index is 0.868. The highest BCUT2D eigenvalue weighted by Gasteiger charge is 2.18. The van der Waals surface area contributed by atoms with E-state index in [9.17, 15) is 0 Å². The van der Waals surface area contributed by atoms with Crippen molar-refractivity contribution < 1.29 is 0 Å². The highest BCUT2D eigenvalue weighted by atomic mass is 14.8. The molecule has 0 atom stereocenters. The van der Waals surface area contributed by atoms with Gasteiger partial charge in [0.1, 0.15) is 0 Å². The largest absolute Gasteiger partial charge is 0.317 e. The molecule has 0 spiro atoms. The van der Waals surface area contributed by atoms with Crippen molar-refractivity contribution in [2.45, 2.75) is 38.5 Å². The molecular formula is C14H21N. The van der Waals surface area contributed by atoms with E-state index in [0.717, 1.165) is 25.4 Å². The summed E-state index contributed by atoms with van der Waals surface area (Å²) in [7, 11) is 0. The Hall–Kier alpha value is -0.820. The molecule has 0 amide bonds. The van der Waals surface area contributed by atoms with E-state index in [1.165, 1.54) is 24.8 Å². The fraction of sp³-hybridized carbons (Fsp3) is 0.571. The molecule has 1 N–H and O–H groups in total. The summed E-state index contributed by atoms with van der Waals surface area (Å²) in [5, 5.41) is 3.36. The Kier molecular flexibility index (Phi) is 3.79. The Morgan fingerprint density at radius 1 is 1.20 bits per heavy atom. The van der Waals surface area contributed by atoms with Crippen molar-refractivity contribution in [3.63, 3.8) is 0 Å². The van der Waals surface area contributed by atoms with Crippen LogP contribution in [-0.4, -0.2) is 13.1 Å². The van der Waals surface area contributed by atoms with Gasteiger partial charge in [-0.1, -0.05) is 37.6 Å². The summed E-state index contributed by atoms with van der Waals surface area (Å²) < 4.78 is 0. The molecule has 1 aliphatic rings.